The van der Waals surface area contributed by atoms with Crippen molar-refractivity contribution in [3.63, 3.8) is 0 Å². The van der Waals surface area contributed by atoms with Gasteiger partial charge in [-0.05, 0) is 54.8 Å². The number of amidine groups is 1. The lowest BCUT2D eigenvalue weighted by molar-refractivity contribution is -0.122. The number of anilines is 1. The van der Waals surface area contributed by atoms with Crippen LogP contribution in [0.25, 0.3) is 0 Å². The molecule has 0 aliphatic carbocycles. The molecule has 156 valence electrons. The van der Waals surface area contributed by atoms with Crippen molar-refractivity contribution in [2.45, 2.75) is 25.5 Å². The van der Waals surface area contributed by atoms with Crippen molar-refractivity contribution < 1.29 is 19.4 Å². The molecule has 2 aromatic carbocycles. The van der Waals surface area contributed by atoms with E-state index < -0.39 is 5.25 Å². The molecule has 1 saturated heterocycles. The first-order valence-electron chi connectivity index (χ1n) is 9.19. The number of phenols is 1. The number of benzene rings is 2. The summed E-state index contributed by atoms with van der Waals surface area (Å²) in [5.41, 5.74) is 3.50. The summed E-state index contributed by atoms with van der Waals surface area (Å²) in [4.78, 5) is 24.5. The van der Waals surface area contributed by atoms with Gasteiger partial charge in [0.15, 0.2) is 16.7 Å². The fourth-order valence-corrected chi connectivity index (χ4v) is 3.69. The molecule has 30 heavy (non-hydrogen) atoms. The third kappa shape index (κ3) is 5.18. The topological polar surface area (TPSA) is 112 Å². The van der Waals surface area contributed by atoms with Crippen LogP contribution in [0.2, 0.25) is 0 Å². The van der Waals surface area contributed by atoms with Crippen LogP contribution in [0.15, 0.2) is 46.6 Å². The maximum absolute atomic E-state index is 12.4. The number of phenolic OH excluding ortho intramolecular Hbond substituents is 1. The molecule has 0 radical (unpaired) electrons. The van der Waals surface area contributed by atoms with E-state index in [4.69, 9.17) is 4.74 Å². The lowest BCUT2D eigenvalue weighted by Gasteiger charge is -2.11. The number of aryl methyl sites for hydroxylation is 1. The average molecular weight is 426 g/mol. The Kier molecular flexibility index (Phi) is 6.73. The Morgan fingerprint density at radius 3 is 2.90 bits per heavy atom. The lowest BCUT2D eigenvalue weighted by Crippen LogP contribution is -2.28. The molecular formula is C21H22N4O4S. The van der Waals surface area contributed by atoms with Crippen LogP contribution < -0.4 is 15.4 Å². The highest BCUT2D eigenvalue weighted by atomic mass is 32.2. The molecule has 0 saturated carbocycles. The molecule has 2 aromatic rings. The van der Waals surface area contributed by atoms with Crippen molar-refractivity contribution >= 4 is 40.6 Å². The van der Waals surface area contributed by atoms with Gasteiger partial charge >= 0.3 is 0 Å². The first-order valence-corrected chi connectivity index (χ1v) is 10.1. The number of hydrogen-bond donors (Lipinski definition) is 3. The van der Waals surface area contributed by atoms with Gasteiger partial charge in [-0.2, -0.15) is 5.10 Å². The summed E-state index contributed by atoms with van der Waals surface area (Å²) in [6.07, 6.45) is 1.50. The highest BCUT2D eigenvalue weighted by molar-refractivity contribution is 8.15. The number of carbonyl (C=O) groups is 2. The summed E-state index contributed by atoms with van der Waals surface area (Å²) in [6, 6.07) is 10.4. The molecule has 3 rings (SSSR count). The molecule has 0 bridgehead atoms. The second-order valence-electron chi connectivity index (χ2n) is 6.68. The Morgan fingerprint density at radius 1 is 1.33 bits per heavy atom. The van der Waals surface area contributed by atoms with Crippen LogP contribution >= 0.6 is 11.8 Å². The minimum absolute atomic E-state index is 0.0292. The second kappa shape index (κ2) is 9.45. The summed E-state index contributed by atoms with van der Waals surface area (Å²) < 4.78 is 5.04. The first kappa shape index (κ1) is 21.4. The van der Waals surface area contributed by atoms with Crippen molar-refractivity contribution in [1.29, 1.82) is 0 Å². The van der Waals surface area contributed by atoms with Gasteiger partial charge in [-0.1, -0.05) is 23.9 Å². The second-order valence-corrected chi connectivity index (χ2v) is 7.87. The van der Waals surface area contributed by atoms with Gasteiger partial charge < -0.3 is 20.5 Å². The van der Waals surface area contributed by atoms with Gasteiger partial charge in [-0.3, -0.25) is 9.59 Å². The predicted molar refractivity (Wildman–Crippen MR) is 118 cm³/mol. The van der Waals surface area contributed by atoms with E-state index in [1.165, 1.54) is 19.4 Å². The van der Waals surface area contributed by atoms with Gasteiger partial charge in [0.2, 0.25) is 11.8 Å². The largest absolute Gasteiger partial charge is 0.504 e. The maximum atomic E-state index is 12.4. The number of nitrogens with one attached hydrogen (secondary N) is 2. The van der Waals surface area contributed by atoms with Crippen molar-refractivity contribution in [3.8, 4) is 11.5 Å². The SMILES string of the molecule is COc1cc(/C=N/N=C2\NC(=O)C(CC(=O)Nc3cccc(C)c3C)S2)ccc1O. The minimum atomic E-state index is -0.571. The number of amides is 2. The molecule has 8 nitrogen and oxygen atoms in total. The van der Waals surface area contributed by atoms with E-state index in [-0.39, 0.29) is 24.0 Å². The molecule has 1 aliphatic heterocycles. The Labute approximate surface area is 178 Å². The first-order chi connectivity index (χ1) is 14.4. The zero-order chi connectivity index (χ0) is 21.7. The van der Waals surface area contributed by atoms with E-state index >= 15 is 0 Å². The van der Waals surface area contributed by atoms with Crippen molar-refractivity contribution in [2.75, 3.05) is 12.4 Å². The fraction of sp³-hybridized carbons (Fsp3) is 0.238. The highest BCUT2D eigenvalue weighted by Crippen LogP contribution is 2.26. The van der Waals surface area contributed by atoms with Crippen LogP contribution in [0.5, 0.6) is 11.5 Å². The van der Waals surface area contributed by atoms with Crippen LogP contribution in [0.3, 0.4) is 0 Å². The third-order valence-corrected chi connectivity index (χ3v) is 5.66. The summed E-state index contributed by atoms with van der Waals surface area (Å²) in [5.74, 6) is -0.166. The van der Waals surface area contributed by atoms with Gasteiger partial charge in [-0.15, -0.1) is 5.10 Å². The van der Waals surface area contributed by atoms with E-state index in [0.717, 1.165) is 28.6 Å². The monoisotopic (exact) mass is 426 g/mol. The Balaban J connectivity index is 1.59. The van der Waals surface area contributed by atoms with E-state index in [1.807, 2.05) is 32.0 Å². The molecule has 3 N–H and O–H groups in total. The Morgan fingerprint density at radius 2 is 2.13 bits per heavy atom. The lowest BCUT2D eigenvalue weighted by atomic mass is 10.1. The van der Waals surface area contributed by atoms with Crippen LogP contribution in [0, 0.1) is 13.8 Å². The molecule has 0 aromatic heterocycles. The third-order valence-electron chi connectivity index (χ3n) is 4.59. The number of carbonyl (C=O) groups excluding carboxylic acids is 2. The molecule has 9 heteroatoms. The normalized spacial score (nSPS) is 17.4. The fourth-order valence-electron chi connectivity index (χ4n) is 2.77. The van der Waals surface area contributed by atoms with Crippen molar-refractivity contribution in [2.24, 2.45) is 10.2 Å². The van der Waals surface area contributed by atoms with E-state index in [2.05, 4.69) is 20.8 Å². The summed E-state index contributed by atoms with van der Waals surface area (Å²) >= 11 is 1.16. The number of ether oxygens (including phenoxy) is 1. The van der Waals surface area contributed by atoms with Crippen molar-refractivity contribution in [3.05, 3.63) is 53.1 Å². The molecule has 0 spiro atoms. The van der Waals surface area contributed by atoms with E-state index in [0.29, 0.717) is 16.5 Å². The summed E-state index contributed by atoms with van der Waals surface area (Å²) in [5, 5.41) is 22.8. The molecule has 1 atom stereocenters. The quantitative estimate of drug-likeness (QED) is 0.486. The van der Waals surface area contributed by atoms with Crippen molar-refractivity contribution in [1.82, 2.24) is 5.32 Å². The number of rotatable bonds is 6. The molecule has 1 fully saturated rings. The van der Waals surface area contributed by atoms with Crippen LogP contribution in [0.4, 0.5) is 5.69 Å². The number of hydrogen-bond acceptors (Lipinski definition) is 7. The van der Waals surface area contributed by atoms with Gasteiger partial charge in [0.25, 0.3) is 0 Å². The van der Waals surface area contributed by atoms with E-state index in [9.17, 15) is 14.7 Å². The highest BCUT2D eigenvalue weighted by Gasteiger charge is 2.32. The van der Waals surface area contributed by atoms with Gasteiger partial charge in [-0.25, -0.2) is 0 Å². The maximum Gasteiger partial charge on any atom is 0.240 e. The zero-order valence-corrected chi connectivity index (χ0v) is 17.6. The van der Waals surface area contributed by atoms with Crippen LogP contribution in [-0.4, -0.2) is 40.7 Å². The Hall–Kier alpha value is -3.33. The molecule has 2 amide bonds. The average Bonchev–Trinajstić information content (AvgIpc) is 3.05. The summed E-state index contributed by atoms with van der Waals surface area (Å²) in [6.45, 7) is 3.91. The molecule has 1 aliphatic rings. The molecule has 1 unspecified atom stereocenters. The summed E-state index contributed by atoms with van der Waals surface area (Å²) in [7, 11) is 1.46. The smallest absolute Gasteiger partial charge is 0.240 e. The number of aromatic hydroxyl groups is 1. The standard InChI is InChI=1S/C21H22N4O4S/c1-12-5-4-6-15(13(12)2)23-19(27)10-18-20(28)24-21(30-18)25-22-11-14-7-8-16(26)17(9-14)29-3/h4-9,11,18,26H,10H2,1-3H3,(H,23,27)(H,24,25,28)/b22-11+. The number of nitrogens with zero attached hydrogens (tertiary/aromatic N) is 2. The van der Waals surface area contributed by atoms with E-state index in [1.54, 1.807) is 12.1 Å². The van der Waals surface area contributed by atoms with Gasteiger partial charge in [0, 0.05) is 12.1 Å². The molecule has 1 heterocycles. The predicted octanol–water partition coefficient (Wildman–Crippen LogP) is 2.97. The zero-order valence-electron chi connectivity index (χ0n) is 16.8. The van der Waals surface area contributed by atoms with Crippen LogP contribution in [0.1, 0.15) is 23.1 Å². The Bertz CT molecular complexity index is 1040. The van der Waals surface area contributed by atoms with Gasteiger partial charge in [0.05, 0.1) is 13.3 Å². The number of methoxy groups -OCH3 is 1. The van der Waals surface area contributed by atoms with Crippen LogP contribution in [-0.2, 0) is 9.59 Å². The van der Waals surface area contributed by atoms with Gasteiger partial charge in [0.1, 0.15) is 5.25 Å². The molecular weight excluding hydrogens is 404 g/mol. The minimum Gasteiger partial charge on any atom is -0.504 e. The number of thioether (sulfide) groups is 1.